The van der Waals surface area contributed by atoms with E-state index in [-0.39, 0.29) is 16.2 Å². The summed E-state index contributed by atoms with van der Waals surface area (Å²) in [4.78, 5) is 10.3. The fraction of sp³-hybridized carbons (Fsp3) is 0.231. The van der Waals surface area contributed by atoms with Crippen LogP contribution in [0, 0.1) is 10.1 Å². The molecule has 18 heavy (non-hydrogen) atoms. The first kappa shape index (κ1) is 12.8. The number of rotatable bonds is 4. The third-order valence-electron chi connectivity index (χ3n) is 2.86. The number of para-hydroxylation sites is 1. The van der Waals surface area contributed by atoms with Crippen molar-refractivity contribution in [2.75, 3.05) is 10.6 Å². The molecule has 0 radical (unpaired) electrons. The second-order valence-corrected chi connectivity index (χ2v) is 4.77. The van der Waals surface area contributed by atoms with E-state index >= 15 is 0 Å². The van der Waals surface area contributed by atoms with Crippen molar-refractivity contribution in [3.05, 3.63) is 64.4 Å². The van der Waals surface area contributed by atoms with Crippen LogP contribution in [0.15, 0.2) is 54.3 Å². The summed E-state index contributed by atoms with van der Waals surface area (Å²) in [6.45, 7) is 0. The number of halogens is 1. The van der Waals surface area contributed by atoms with Gasteiger partial charge in [-0.15, -0.1) is 0 Å². The molecule has 1 aliphatic carbocycles. The molecule has 2 rings (SSSR count). The van der Waals surface area contributed by atoms with Crippen molar-refractivity contribution >= 4 is 21.6 Å². The van der Waals surface area contributed by atoms with Gasteiger partial charge in [0.15, 0.2) is 0 Å². The first-order chi connectivity index (χ1) is 8.65. The van der Waals surface area contributed by atoms with Gasteiger partial charge in [0.1, 0.15) is 0 Å². The lowest BCUT2D eigenvalue weighted by Crippen LogP contribution is -2.39. The molecule has 0 saturated heterocycles. The first-order valence-electron chi connectivity index (χ1n) is 5.58. The molecule has 0 amide bonds. The highest BCUT2D eigenvalue weighted by Gasteiger charge is 2.29. The minimum Gasteiger partial charge on any atom is -0.375 e. The number of hydrogen-bond donors (Lipinski definition) is 1. The van der Waals surface area contributed by atoms with E-state index in [0.29, 0.717) is 11.8 Å². The molecule has 0 aromatic heterocycles. The second kappa shape index (κ2) is 5.35. The molecule has 4 nitrogen and oxygen atoms in total. The number of nitro groups is 1. The van der Waals surface area contributed by atoms with Crippen molar-refractivity contribution < 1.29 is 4.92 Å². The zero-order chi connectivity index (χ0) is 13.0. The average molecular weight is 309 g/mol. The van der Waals surface area contributed by atoms with Gasteiger partial charge in [-0.25, -0.2) is 0 Å². The van der Waals surface area contributed by atoms with Crippen molar-refractivity contribution in [2.45, 2.75) is 12.0 Å². The van der Waals surface area contributed by atoms with Crippen LogP contribution in [-0.4, -0.2) is 15.8 Å². The molecule has 1 unspecified atom stereocenters. The third-order valence-corrected chi connectivity index (χ3v) is 3.87. The summed E-state index contributed by atoms with van der Waals surface area (Å²) in [6.07, 6.45) is 5.64. The van der Waals surface area contributed by atoms with Gasteiger partial charge in [-0.05, 0) is 24.6 Å². The molecule has 1 aliphatic rings. The van der Waals surface area contributed by atoms with Gasteiger partial charge in [-0.3, -0.25) is 10.1 Å². The predicted molar refractivity (Wildman–Crippen MR) is 75.4 cm³/mol. The normalized spacial score (nSPS) is 22.4. The van der Waals surface area contributed by atoms with Gasteiger partial charge in [0.05, 0.1) is 10.5 Å². The standard InChI is InChI=1S/C13H13BrN2O2/c14-10-13(15-11-4-2-1-3-5-11)8-6-12(7-9-13)16(17)18/h1-8,15H,9-10H2. The summed E-state index contributed by atoms with van der Waals surface area (Å²) in [5.41, 5.74) is 0.849. The zero-order valence-electron chi connectivity index (χ0n) is 9.67. The monoisotopic (exact) mass is 308 g/mol. The largest absolute Gasteiger partial charge is 0.375 e. The van der Waals surface area contributed by atoms with E-state index in [1.54, 1.807) is 12.2 Å². The van der Waals surface area contributed by atoms with Gasteiger partial charge in [0.25, 0.3) is 5.70 Å². The van der Waals surface area contributed by atoms with Crippen LogP contribution in [0.3, 0.4) is 0 Å². The summed E-state index contributed by atoms with van der Waals surface area (Å²) < 4.78 is 0. The number of nitrogens with zero attached hydrogens (tertiary/aromatic N) is 1. The van der Waals surface area contributed by atoms with Gasteiger partial charge >= 0.3 is 0 Å². The Morgan fingerprint density at radius 3 is 2.61 bits per heavy atom. The summed E-state index contributed by atoms with van der Waals surface area (Å²) in [6, 6.07) is 9.81. The van der Waals surface area contributed by atoms with Crippen LogP contribution < -0.4 is 5.32 Å². The molecule has 0 heterocycles. The van der Waals surface area contributed by atoms with E-state index in [0.717, 1.165) is 5.69 Å². The molecular weight excluding hydrogens is 296 g/mol. The molecule has 0 saturated carbocycles. The average Bonchev–Trinajstić information content (AvgIpc) is 2.40. The highest BCUT2D eigenvalue weighted by atomic mass is 79.9. The van der Waals surface area contributed by atoms with Crippen LogP contribution in [0.25, 0.3) is 0 Å². The van der Waals surface area contributed by atoms with Crippen molar-refractivity contribution in [2.24, 2.45) is 0 Å². The molecule has 1 aromatic carbocycles. The Kier molecular flexibility index (Phi) is 3.81. The summed E-state index contributed by atoms with van der Waals surface area (Å²) >= 11 is 3.47. The van der Waals surface area contributed by atoms with Gasteiger partial charge in [0, 0.05) is 17.1 Å². The predicted octanol–water partition coefficient (Wildman–Crippen LogP) is 3.35. The molecule has 1 N–H and O–H groups in total. The topological polar surface area (TPSA) is 55.2 Å². The van der Waals surface area contributed by atoms with Gasteiger partial charge in [-0.1, -0.05) is 40.2 Å². The molecular formula is C13H13BrN2O2. The molecule has 0 bridgehead atoms. The van der Waals surface area contributed by atoms with Crippen LogP contribution >= 0.6 is 15.9 Å². The lowest BCUT2D eigenvalue weighted by atomic mass is 9.92. The van der Waals surface area contributed by atoms with E-state index in [2.05, 4.69) is 21.2 Å². The molecule has 1 aromatic rings. The van der Waals surface area contributed by atoms with Crippen LogP contribution in [0.2, 0.25) is 0 Å². The fourth-order valence-electron chi connectivity index (χ4n) is 1.84. The van der Waals surface area contributed by atoms with Crippen molar-refractivity contribution in [3.8, 4) is 0 Å². The molecule has 94 valence electrons. The van der Waals surface area contributed by atoms with Gasteiger partial charge in [-0.2, -0.15) is 0 Å². The van der Waals surface area contributed by atoms with Crippen LogP contribution in [0.5, 0.6) is 0 Å². The van der Waals surface area contributed by atoms with Crippen molar-refractivity contribution in [1.29, 1.82) is 0 Å². The van der Waals surface area contributed by atoms with Gasteiger partial charge < -0.3 is 5.32 Å². The summed E-state index contributed by atoms with van der Waals surface area (Å²) in [5, 5.41) is 14.8. The zero-order valence-corrected chi connectivity index (χ0v) is 11.3. The smallest absolute Gasteiger partial charge is 0.265 e. The Bertz CT molecular complexity index is 499. The molecule has 0 aliphatic heterocycles. The van der Waals surface area contributed by atoms with Crippen LogP contribution in [-0.2, 0) is 0 Å². The summed E-state index contributed by atoms with van der Waals surface area (Å²) in [5.74, 6) is 0. The number of hydrogen-bond acceptors (Lipinski definition) is 3. The Balaban J connectivity index is 2.16. The van der Waals surface area contributed by atoms with Crippen LogP contribution in [0.4, 0.5) is 5.69 Å². The maximum atomic E-state index is 10.7. The second-order valence-electron chi connectivity index (χ2n) is 4.20. The Morgan fingerprint density at radius 2 is 2.11 bits per heavy atom. The number of nitrogens with one attached hydrogen (secondary N) is 1. The third kappa shape index (κ3) is 2.79. The molecule has 5 heteroatoms. The lowest BCUT2D eigenvalue weighted by molar-refractivity contribution is -0.419. The fourth-order valence-corrected chi connectivity index (χ4v) is 2.39. The first-order valence-corrected chi connectivity index (χ1v) is 6.70. The number of anilines is 1. The maximum Gasteiger partial charge on any atom is 0.265 e. The van der Waals surface area contributed by atoms with E-state index in [4.69, 9.17) is 0 Å². The lowest BCUT2D eigenvalue weighted by Gasteiger charge is -2.31. The number of benzene rings is 1. The Labute approximate surface area is 114 Å². The van der Waals surface area contributed by atoms with E-state index < -0.39 is 0 Å². The maximum absolute atomic E-state index is 10.7. The number of alkyl halides is 1. The van der Waals surface area contributed by atoms with Crippen molar-refractivity contribution in [3.63, 3.8) is 0 Å². The van der Waals surface area contributed by atoms with E-state index in [9.17, 15) is 10.1 Å². The molecule has 0 fully saturated rings. The van der Waals surface area contributed by atoms with E-state index in [1.807, 2.05) is 36.4 Å². The SMILES string of the molecule is O=[N+]([O-])C1=CCC(CBr)(Nc2ccccc2)C=C1. The Hall–Kier alpha value is -1.62. The molecule has 1 atom stereocenters. The minimum absolute atomic E-state index is 0.154. The Morgan fingerprint density at radius 1 is 1.39 bits per heavy atom. The quantitative estimate of drug-likeness (QED) is 0.527. The van der Waals surface area contributed by atoms with Crippen molar-refractivity contribution in [1.82, 2.24) is 0 Å². The molecule has 0 spiro atoms. The highest BCUT2D eigenvalue weighted by Crippen LogP contribution is 2.27. The van der Waals surface area contributed by atoms with Crippen LogP contribution in [0.1, 0.15) is 6.42 Å². The van der Waals surface area contributed by atoms with E-state index in [1.165, 1.54) is 0 Å². The minimum atomic E-state index is -0.364. The highest BCUT2D eigenvalue weighted by molar-refractivity contribution is 9.09. The van der Waals surface area contributed by atoms with Gasteiger partial charge in [0.2, 0.25) is 0 Å². The summed E-state index contributed by atoms with van der Waals surface area (Å²) in [7, 11) is 0. The number of allylic oxidation sites excluding steroid dienone is 1.